The predicted molar refractivity (Wildman–Crippen MR) is 233 cm³/mol. The molecular formula is C43H48F3N11O6S. The maximum atomic E-state index is 15.6. The Hall–Kier alpha value is -6.32. The number of H-pyrrole nitrogens is 1. The molecule has 3 saturated heterocycles. The Kier molecular flexibility index (Phi) is 12.7. The number of benzene rings is 2. The molecule has 21 heteroatoms. The zero-order valence-electron chi connectivity index (χ0n) is 35.2. The number of amides is 2. The highest BCUT2D eigenvalue weighted by Gasteiger charge is 2.31. The van der Waals surface area contributed by atoms with Gasteiger partial charge in [-0.15, -0.1) is 0 Å². The number of pyridine rings is 1. The smallest absolute Gasteiger partial charge is 0.301 e. The summed E-state index contributed by atoms with van der Waals surface area (Å²) in [7, 11) is -2.87. The number of fused-ring (bicyclic) bond motifs is 1. The molecule has 6 heterocycles. The van der Waals surface area contributed by atoms with Gasteiger partial charge in [-0.2, -0.15) is 12.7 Å². The monoisotopic (exact) mass is 903 g/mol. The van der Waals surface area contributed by atoms with Gasteiger partial charge in [0.05, 0.1) is 16.9 Å². The summed E-state index contributed by atoms with van der Waals surface area (Å²) >= 11 is 0. The van der Waals surface area contributed by atoms with Gasteiger partial charge in [0.1, 0.15) is 29.6 Å². The molecule has 3 aliphatic rings. The van der Waals surface area contributed by atoms with Crippen LogP contribution < -0.4 is 25.2 Å². The Balaban J connectivity index is 0.839. The molecule has 0 radical (unpaired) electrons. The van der Waals surface area contributed by atoms with E-state index < -0.39 is 57.0 Å². The number of anilines is 4. The second-order valence-corrected chi connectivity index (χ2v) is 18.0. The lowest BCUT2D eigenvalue weighted by atomic mass is 9.92. The fourth-order valence-corrected chi connectivity index (χ4v) is 9.17. The third kappa shape index (κ3) is 9.32. The molecule has 64 heavy (non-hydrogen) atoms. The van der Waals surface area contributed by atoms with Crippen molar-refractivity contribution >= 4 is 61.9 Å². The molecule has 2 atom stereocenters. The first-order chi connectivity index (χ1) is 30.7. The highest BCUT2D eigenvalue weighted by Crippen LogP contribution is 2.32. The van der Waals surface area contributed by atoms with Crippen LogP contribution in [0.1, 0.15) is 54.9 Å². The average Bonchev–Trinajstić information content (AvgIpc) is 3.72. The average molecular weight is 904 g/mol. The molecule has 5 aromatic rings. The summed E-state index contributed by atoms with van der Waals surface area (Å²) in [6.45, 7) is 4.93. The van der Waals surface area contributed by atoms with E-state index >= 15 is 13.2 Å². The van der Waals surface area contributed by atoms with Gasteiger partial charge in [-0.3, -0.25) is 19.1 Å². The van der Waals surface area contributed by atoms with E-state index in [1.807, 2.05) is 14.7 Å². The molecule has 17 nitrogen and oxygen atoms in total. The minimum atomic E-state index is -4.16. The normalized spacial score (nSPS) is 18.7. The summed E-state index contributed by atoms with van der Waals surface area (Å²) < 4.78 is 73.9. The number of aromatic nitrogens is 4. The first-order valence-electron chi connectivity index (χ1n) is 21.1. The molecule has 8 rings (SSSR count). The van der Waals surface area contributed by atoms with Crippen molar-refractivity contribution in [1.82, 2.24) is 34.5 Å². The van der Waals surface area contributed by atoms with E-state index in [4.69, 9.17) is 0 Å². The van der Waals surface area contributed by atoms with E-state index in [2.05, 4.69) is 35.3 Å². The molecule has 5 N–H and O–H groups in total. The van der Waals surface area contributed by atoms with Crippen molar-refractivity contribution in [3.8, 4) is 11.1 Å². The number of piperazine rings is 1. The third-order valence-electron chi connectivity index (χ3n) is 12.1. The molecule has 2 unspecified atom stereocenters. The van der Waals surface area contributed by atoms with Crippen LogP contribution in [0.4, 0.5) is 36.2 Å². The Labute approximate surface area is 367 Å². The Morgan fingerprint density at radius 2 is 1.61 bits per heavy atom. The van der Waals surface area contributed by atoms with Crippen LogP contribution in [0.25, 0.3) is 22.2 Å². The number of hydrogen-bond donors (Lipinski definition) is 5. The van der Waals surface area contributed by atoms with Crippen LogP contribution in [0.5, 0.6) is 0 Å². The number of aliphatic hydroxyl groups is 1. The van der Waals surface area contributed by atoms with Crippen LogP contribution in [-0.2, 0) is 19.8 Å². The van der Waals surface area contributed by atoms with Gasteiger partial charge in [-0.1, -0.05) is 6.92 Å². The van der Waals surface area contributed by atoms with Gasteiger partial charge in [0.25, 0.3) is 0 Å². The van der Waals surface area contributed by atoms with E-state index in [0.717, 1.165) is 29.3 Å². The van der Waals surface area contributed by atoms with Gasteiger partial charge >= 0.3 is 10.2 Å². The number of ketones is 1. The number of halogens is 3. The van der Waals surface area contributed by atoms with Crippen LogP contribution in [0.3, 0.4) is 0 Å². The number of nitrogens with one attached hydrogen (secondary N) is 4. The van der Waals surface area contributed by atoms with Crippen molar-refractivity contribution in [1.29, 1.82) is 0 Å². The summed E-state index contributed by atoms with van der Waals surface area (Å²) in [5, 5.41) is 15.4. The van der Waals surface area contributed by atoms with Gasteiger partial charge in [0, 0.05) is 112 Å². The van der Waals surface area contributed by atoms with E-state index in [-0.39, 0.29) is 40.9 Å². The summed E-state index contributed by atoms with van der Waals surface area (Å²) in [4.78, 5) is 61.4. The van der Waals surface area contributed by atoms with E-state index in [1.54, 1.807) is 43.7 Å². The van der Waals surface area contributed by atoms with Gasteiger partial charge in [0.2, 0.25) is 23.5 Å². The fraction of sp³-hybridized carbons (Fsp3) is 0.395. The molecule has 3 aromatic heterocycles. The lowest BCUT2D eigenvalue weighted by molar-refractivity contribution is -0.132. The summed E-state index contributed by atoms with van der Waals surface area (Å²) in [6, 6.07) is 7.66. The number of piperidine rings is 2. The molecule has 0 bridgehead atoms. The number of aromatic amines is 1. The maximum absolute atomic E-state index is 15.6. The quantitative estimate of drug-likeness (QED) is 0.105. The van der Waals surface area contributed by atoms with Crippen molar-refractivity contribution in [2.24, 2.45) is 5.92 Å². The molecule has 0 aliphatic carbocycles. The predicted octanol–water partition coefficient (Wildman–Crippen LogP) is 4.24. The Morgan fingerprint density at radius 3 is 2.30 bits per heavy atom. The zero-order valence-corrected chi connectivity index (χ0v) is 36.0. The lowest BCUT2D eigenvalue weighted by Gasteiger charge is -2.37. The number of rotatable bonds is 13. The summed E-state index contributed by atoms with van der Waals surface area (Å²) in [6.07, 6.45) is 7.93. The largest absolute Gasteiger partial charge is 0.374 e. The second kappa shape index (κ2) is 18.4. The van der Waals surface area contributed by atoms with Crippen LogP contribution in [-0.4, -0.2) is 125 Å². The third-order valence-corrected chi connectivity index (χ3v) is 13.7. The molecule has 3 aliphatic heterocycles. The van der Waals surface area contributed by atoms with Crippen molar-refractivity contribution in [2.45, 2.75) is 51.3 Å². The molecule has 338 valence electrons. The molecular weight excluding hydrogens is 856 g/mol. The Bertz CT molecular complexity index is 2670. The first kappa shape index (κ1) is 44.3. The molecule has 2 aromatic carbocycles. The SMILES string of the molecule is CCN(C)S(=O)(=O)Nc1ccc(F)c(C(=O)c2c[nH]c3ncc(-c4cnc(N5CCN(C(=O)CC6CCN(c7ccc(NC8CCC(O)NC8=O)cc7F)CC6)CC5)nc4)cc23)c1F. The molecule has 0 spiro atoms. The van der Waals surface area contributed by atoms with Crippen molar-refractivity contribution in [3.05, 3.63) is 89.8 Å². The Morgan fingerprint density at radius 1 is 0.891 bits per heavy atom. The maximum Gasteiger partial charge on any atom is 0.301 e. The topological polar surface area (TPSA) is 209 Å². The van der Waals surface area contributed by atoms with Crippen molar-refractivity contribution in [2.75, 3.05) is 72.7 Å². The van der Waals surface area contributed by atoms with Gasteiger partial charge in [-0.25, -0.2) is 28.1 Å². The van der Waals surface area contributed by atoms with Crippen LogP contribution >= 0.6 is 0 Å². The molecule has 3 fully saturated rings. The number of carbonyl (C=O) groups is 3. The summed E-state index contributed by atoms with van der Waals surface area (Å²) in [5.74, 6) is -3.54. The van der Waals surface area contributed by atoms with E-state index in [9.17, 15) is 27.9 Å². The number of hydrogen-bond acceptors (Lipinski definition) is 12. The van der Waals surface area contributed by atoms with Crippen LogP contribution in [0.2, 0.25) is 0 Å². The van der Waals surface area contributed by atoms with Crippen molar-refractivity contribution in [3.63, 3.8) is 0 Å². The fourth-order valence-electron chi connectivity index (χ4n) is 8.24. The van der Waals surface area contributed by atoms with Crippen LogP contribution in [0, 0.1) is 23.4 Å². The van der Waals surface area contributed by atoms with Gasteiger partial charge < -0.3 is 35.4 Å². The van der Waals surface area contributed by atoms with Gasteiger partial charge in [-0.05, 0) is 68.0 Å². The zero-order chi connectivity index (χ0) is 45.3. The second-order valence-electron chi connectivity index (χ2n) is 16.2. The number of carbonyl (C=O) groups excluding carboxylic acids is 3. The number of nitrogens with zero attached hydrogens (tertiary/aromatic N) is 7. The summed E-state index contributed by atoms with van der Waals surface area (Å²) in [5.41, 5.74) is 0.768. The standard InChI is InChI=1S/C43H48F3N11O6S/c1-3-54(2)64(62,63)53-33-6-5-31(44)38(39(33)46)40(60)30-24-48-41-29(30)19-26(21-47-41)27-22-49-43(50-23-27)57-16-14-56(15-17-57)37(59)18-25-10-12-55(13-11-25)35-8-4-28(20-32(35)45)51-34-7-9-36(58)52-42(34)61/h4-6,8,19-25,34,36,51,53,58H,3,7,9-18H2,1-2H3,(H,47,48)(H,52,61). The molecule has 2 amide bonds. The minimum Gasteiger partial charge on any atom is -0.374 e. The van der Waals surface area contributed by atoms with Gasteiger partial charge in [0.15, 0.2) is 5.82 Å². The van der Waals surface area contributed by atoms with Crippen LogP contribution in [0.15, 0.2) is 61.2 Å². The lowest BCUT2D eigenvalue weighted by Crippen LogP contribution is -2.49. The number of aliphatic hydroxyl groups excluding tert-OH is 1. The molecule has 0 saturated carbocycles. The minimum absolute atomic E-state index is 0.0725. The first-order valence-corrected chi connectivity index (χ1v) is 22.5. The van der Waals surface area contributed by atoms with E-state index in [0.29, 0.717) is 87.0 Å². The van der Waals surface area contributed by atoms with Crippen molar-refractivity contribution < 1.29 is 41.1 Å². The highest BCUT2D eigenvalue weighted by molar-refractivity contribution is 7.90. The van der Waals surface area contributed by atoms with E-state index in [1.165, 1.54) is 19.3 Å². The highest BCUT2D eigenvalue weighted by atomic mass is 32.2.